The third-order valence-electron chi connectivity index (χ3n) is 3.06. The van der Waals surface area contributed by atoms with Gasteiger partial charge in [-0.1, -0.05) is 12.1 Å². The molecule has 0 bridgehead atoms. The molecule has 0 radical (unpaired) electrons. The molecule has 0 aliphatic rings. The van der Waals surface area contributed by atoms with Gasteiger partial charge in [0.2, 0.25) is 0 Å². The Kier molecular flexibility index (Phi) is 5.20. The number of aromatic nitrogens is 2. The summed E-state index contributed by atoms with van der Waals surface area (Å²) in [7, 11) is 1.91. The van der Waals surface area contributed by atoms with Gasteiger partial charge in [0.15, 0.2) is 5.96 Å². The van der Waals surface area contributed by atoms with E-state index in [1.54, 1.807) is 18.3 Å². The summed E-state index contributed by atoms with van der Waals surface area (Å²) in [5.41, 5.74) is 2.13. The Hall–Kier alpha value is -2.50. The van der Waals surface area contributed by atoms with E-state index in [2.05, 4.69) is 20.7 Å². The van der Waals surface area contributed by atoms with Gasteiger partial charge in [0.1, 0.15) is 5.75 Å². The molecule has 0 aliphatic heterocycles. The average molecular weight is 287 g/mol. The second kappa shape index (κ2) is 7.33. The Morgan fingerprint density at radius 2 is 2.00 bits per heavy atom. The van der Waals surface area contributed by atoms with Crippen molar-refractivity contribution >= 4 is 5.96 Å². The molecule has 0 spiro atoms. The fourth-order valence-electron chi connectivity index (χ4n) is 1.86. The number of aromatic hydroxyl groups is 1. The van der Waals surface area contributed by atoms with Crippen LogP contribution in [-0.4, -0.2) is 27.4 Å². The van der Waals surface area contributed by atoms with E-state index in [-0.39, 0.29) is 5.75 Å². The van der Waals surface area contributed by atoms with Crippen molar-refractivity contribution in [3.05, 3.63) is 47.8 Å². The minimum atomic E-state index is 0.268. The molecule has 2 aromatic rings. The fourth-order valence-corrected chi connectivity index (χ4v) is 1.86. The molecule has 3 N–H and O–H groups in total. The van der Waals surface area contributed by atoms with E-state index in [9.17, 15) is 5.11 Å². The van der Waals surface area contributed by atoms with Gasteiger partial charge in [-0.25, -0.2) is 4.99 Å². The van der Waals surface area contributed by atoms with Crippen LogP contribution in [-0.2, 0) is 20.1 Å². The van der Waals surface area contributed by atoms with Crippen LogP contribution in [0.5, 0.6) is 5.75 Å². The molecule has 21 heavy (non-hydrogen) atoms. The highest BCUT2D eigenvalue weighted by molar-refractivity contribution is 5.79. The van der Waals surface area contributed by atoms with Crippen LogP contribution < -0.4 is 10.6 Å². The minimum Gasteiger partial charge on any atom is -0.508 e. The second-order valence-corrected chi connectivity index (χ2v) is 4.66. The molecule has 0 amide bonds. The highest BCUT2D eigenvalue weighted by Gasteiger charge is 2.01. The zero-order valence-corrected chi connectivity index (χ0v) is 12.4. The quantitative estimate of drug-likeness (QED) is 0.574. The van der Waals surface area contributed by atoms with E-state index in [1.165, 1.54) is 0 Å². The number of phenolic OH excluding ortho intramolecular Hbond substituents is 1. The van der Waals surface area contributed by atoms with E-state index in [0.29, 0.717) is 13.1 Å². The molecule has 112 valence electrons. The fraction of sp³-hybridized carbons (Fsp3) is 0.333. The van der Waals surface area contributed by atoms with Crippen molar-refractivity contribution in [2.24, 2.45) is 12.0 Å². The molecular weight excluding hydrogens is 266 g/mol. The number of hydrogen-bond acceptors (Lipinski definition) is 3. The largest absolute Gasteiger partial charge is 0.508 e. The summed E-state index contributed by atoms with van der Waals surface area (Å²) in [6.07, 6.45) is 1.78. The third-order valence-corrected chi connectivity index (χ3v) is 3.06. The highest BCUT2D eigenvalue weighted by atomic mass is 16.3. The Morgan fingerprint density at radius 1 is 1.24 bits per heavy atom. The van der Waals surface area contributed by atoms with Gasteiger partial charge in [-0.2, -0.15) is 5.10 Å². The van der Waals surface area contributed by atoms with E-state index < -0.39 is 0 Å². The molecule has 2 rings (SSSR count). The highest BCUT2D eigenvalue weighted by Crippen LogP contribution is 2.10. The van der Waals surface area contributed by atoms with Gasteiger partial charge < -0.3 is 15.7 Å². The number of rotatable bonds is 5. The van der Waals surface area contributed by atoms with Crippen molar-refractivity contribution in [2.45, 2.75) is 20.0 Å². The van der Waals surface area contributed by atoms with Crippen LogP contribution in [0.15, 0.2) is 41.5 Å². The van der Waals surface area contributed by atoms with Crippen molar-refractivity contribution in [2.75, 3.05) is 6.54 Å². The maximum Gasteiger partial charge on any atom is 0.191 e. The van der Waals surface area contributed by atoms with Gasteiger partial charge in [0, 0.05) is 19.8 Å². The van der Waals surface area contributed by atoms with Gasteiger partial charge in [0.25, 0.3) is 0 Å². The molecule has 1 aromatic heterocycles. The molecule has 6 heteroatoms. The SMILES string of the molecule is CCNC(=NCc1ccc(O)cc1)NCc1ccnn1C. The number of nitrogens with zero attached hydrogens (tertiary/aromatic N) is 3. The zero-order valence-electron chi connectivity index (χ0n) is 12.4. The van der Waals surface area contributed by atoms with Crippen LogP contribution in [0.4, 0.5) is 0 Å². The number of aryl methyl sites for hydroxylation is 1. The number of guanidine groups is 1. The van der Waals surface area contributed by atoms with E-state index >= 15 is 0 Å². The van der Waals surface area contributed by atoms with Crippen LogP contribution in [0.3, 0.4) is 0 Å². The Bertz CT molecular complexity index is 588. The lowest BCUT2D eigenvalue weighted by Gasteiger charge is -2.11. The van der Waals surface area contributed by atoms with Crippen LogP contribution >= 0.6 is 0 Å². The van der Waals surface area contributed by atoms with Crippen LogP contribution in [0.25, 0.3) is 0 Å². The summed E-state index contributed by atoms with van der Waals surface area (Å²) in [5, 5.41) is 19.9. The first-order valence-electron chi connectivity index (χ1n) is 6.96. The molecule has 6 nitrogen and oxygen atoms in total. The molecular formula is C15H21N5O. The summed E-state index contributed by atoms with van der Waals surface area (Å²) in [6.45, 7) is 4.05. The molecule has 0 aliphatic carbocycles. The van der Waals surface area contributed by atoms with E-state index in [1.807, 2.05) is 36.9 Å². The summed E-state index contributed by atoms with van der Waals surface area (Å²) < 4.78 is 1.83. The number of nitrogens with one attached hydrogen (secondary N) is 2. The monoisotopic (exact) mass is 287 g/mol. The Balaban J connectivity index is 1.95. The first-order chi connectivity index (χ1) is 10.2. The van der Waals surface area contributed by atoms with Gasteiger partial charge in [0.05, 0.1) is 18.8 Å². The number of hydrogen-bond donors (Lipinski definition) is 3. The maximum absolute atomic E-state index is 9.27. The molecule has 0 fully saturated rings. The molecule has 0 saturated carbocycles. The van der Waals surface area contributed by atoms with E-state index in [0.717, 1.165) is 23.8 Å². The molecule has 1 aromatic carbocycles. The summed E-state index contributed by atoms with van der Waals surface area (Å²) in [6, 6.07) is 9.03. The van der Waals surface area contributed by atoms with Crippen LogP contribution in [0.1, 0.15) is 18.2 Å². The number of phenols is 1. The topological polar surface area (TPSA) is 74.5 Å². The normalized spacial score (nSPS) is 11.4. The first-order valence-corrected chi connectivity index (χ1v) is 6.96. The van der Waals surface area contributed by atoms with Gasteiger partial charge in [-0.3, -0.25) is 4.68 Å². The minimum absolute atomic E-state index is 0.268. The molecule has 1 heterocycles. The predicted molar refractivity (Wildman–Crippen MR) is 83.0 cm³/mol. The summed E-state index contributed by atoms with van der Waals surface area (Å²) >= 11 is 0. The first kappa shape index (κ1) is 14.9. The zero-order chi connectivity index (χ0) is 15.1. The standard InChI is InChI=1S/C15H21N5O/c1-3-16-15(18-11-13-8-9-19-20(13)2)17-10-12-4-6-14(21)7-5-12/h4-9,21H,3,10-11H2,1-2H3,(H2,16,17,18). The van der Waals surface area contributed by atoms with Crippen molar-refractivity contribution in [3.63, 3.8) is 0 Å². The molecule has 0 unspecified atom stereocenters. The van der Waals surface area contributed by atoms with Crippen molar-refractivity contribution < 1.29 is 5.11 Å². The Morgan fingerprint density at radius 3 is 2.62 bits per heavy atom. The summed E-state index contributed by atoms with van der Waals surface area (Å²) in [4.78, 5) is 4.53. The average Bonchev–Trinajstić information content (AvgIpc) is 2.89. The van der Waals surface area contributed by atoms with Crippen LogP contribution in [0.2, 0.25) is 0 Å². The molecule has 0 saturated heterocycles. The third kappa shape index (κ3) is 4.52. The van der Waals surface area contributed by atoms with Gasteiger partial charge in [-0.05, 0) is 30.7 Å². The van der Waals surface area contributed by atoms with Crippen molar-refractivity contribution in [3.8, 4) is 5.75 Å². The van der Waals surface area contributed by atoms with Gasteiger partial charge in [-0.15, -0.1) is 0 Å². The number of benzene rings is 1. The summed E-state index contributed by atoms with van der Waals surface area (Å²) in [5.74, 6) is 1.02. The van der Waals surface area contributed by atoms with Crippen LogP contribution in [0, 0.1) is 0 Å². The van der Waals surface area contributed by atoms with E-state index in [4.69, 9.17) is 0 Å². The van der Waals surface area contributed by atoms with Crippen molar-refractivity contribution in [1.82, 2.24) is 20.4 Å². The lowest BCUT2D eigenvalue weighted by atomic mass is 10.2. The Labute approximate surface area is 124 Å². The molecule has 0 atom stereocenters. The lowest BCUT2D eigenvalue weighted by Crippen LogP contribution is -2.37. The maximum atomic E-state index is 9.27. The van der Waals surface area contributed by atoms with Gasteiger partial charge >= 0.3 is 0 Å². The van der Waals surface area contributed by atoms with Crippen molar-refractivity contribution in [1.29, 1.82) is 0 Å². The second-order valence-electron chi connectivity index (χ2n) is 4.66. The lowest BCUT2D eigenvalue weighted by molar-refractivity contribution is 0.475. The smallest absolute Gasteiger partial charge is 0.191 e. The predicted octanol–water partition coefficient (Wildman–Crippen LogP) is 1.38. The number of aliphatic imine (C=N–C) groups is 1.